The molecule has 0 aliphatic heterocycles. The molecule has 2 nitrogen and oxygen atoms in total. The predicted molar refractivity (Wildman–Crippen MR) is 89.6 cm³/mol. The molecule has 2 rings (SSSR count). The molecule has 0 spiro atoms. The van der Waals surface area contributed by atoms with Gasteiger partial charge in [0.2, 0.25) is 0 Å². The monoisotopic (exact) mass is 292 g/mol. The highest BCUT2D eigenvalue weighted by Crippen LogP contribution is 2.14. The normalized spacial score (nSPS) is 10.9. The van der Waals surface area contributed by atoms with Crippen LogP contribution in [0, 0.1) is 27.7 Å². The minimum absolute atomic E-state index is 0.139. The van der Waals surface area contributed by atoms with Crippen LogP contribution in [0.15, 0.2) is 48.6 Å². The van der Waals surface area contributed by atoms with Crippen molar-refractivity contribution in [3.8, 4) is 0 Å². The lowest BCUT2D eigenvalue weighted by Crippen LogP contribution is -2.02. The molecule has 0 bridgehead atoms. The molecular formula is C20H20O2. The molecule has 0 unspecified atom stereocenters. The molecule has 0 atom stereocenters. The molecule has 2 aromatic rings. The number of rotatable bonds is 4. The fourth-order valence-corrected chi connectivity index (χ4v) is 2.33. The Kier molecular flexibility index (Phi) is 4.71. The predicted octanol–water partition coefficient (Wildman–Crippen LogP) is 4.54. The number of hydrogen-bond donors (Lipinski definition) is 0. The zero-order valence-corrected chi connectivity index (χ0v) is 13.4. The van der Waals surface area contributed by atoms with Crippen molar-refractivity contribution in [3.05, 3.63) is 81.9 Å². The van der Waals surface area contributed by atoms with Gasteiger partial charge in [-0.15, -0.1) is 0 Å². The highest BCUT2D eigenvalue weighted by molar-refractivity contribution is 6.12. The molecule has 0 aromatic heterocycles. The summed E-state index contributed by atoms with van der Waals surface area (Å²) in [6, 6.07) is 11.5. The highest BCUT2D eigenvalue weighted by Gasteiger charge is 2.09. The van der Waals surface area contributed by atoms with Crippen LogP contribution in [0.5, 0.6) is 0 Å². The van der Waals surface area contributed by atoms with Gasteiger partial charge in [0.15, 0.2) is 11.6 Å². The number of allylic oxidation sites excluding steroid dienone is 2. The first-order chi connectivity index (χ1) is 10.4. The lowest BCUT2D eigenvalue weighted by atomic mass is 9.99. The molecule has 0 radical (unpaired) electrons. The summed E-state index contributed by atoms with van der Waals surface area (Å²) in [6.07, 6.45) is 2.73. The van der Waals surface area contributed by atoms with Crippen LogP contribution in [-0.4, -0.2) is 11.6 Å². The zero-order valence-electron chi connectivity index (χ0n) is 13.4. The fourth-order valence-electron chi connectivity index (χ4n) is 2.33. The molecule has 0 aliphatic carbocycles. The summed E-state index contributed by atoms with van der Waals surface area (Å²) in [4.78, 5) is 24.5. The van der Waals surface area contributed by atoms with Crippen molar-refractivity contribution in [2.45, 2.75) is 27.7 Å². The lowest BCUT2D eigenvalue weighted by molar-refractivity contribution is 0.102. The minimum atomic E-state index is -0.139. The van der Waals surface area contributed by atoms with E-state index < -0.39 is 0 Å². The number of aryl methyl sites for hydroxylation is 4. The molecule has 2 heteroatoms. The van der Waals surface area contributed by atoms with Crippen LogP contribution in [0.25, 0.3) is 0 Å². The van der Waals surface area contributed by atoms with Crippen molar-refractivity contribution in [1.82, 2.24) is 0 Å². The first-order valence-corrected chi connectivity index (χ1v) is 7.29. The number of ketones is 2. The van der Waals surface area contributed by atoms with Gasteiger partial charge in [0.05, 0.1) is 0 Å². The smallest absolute Gasteiger partial charge is 0.186 e. The van der Waals surface area contributed by atoms with Crippen LogP contribution in [0.3, 0.4) is 0 Å². The van der Waals surface area contributed by atoms with Gasteiger partial charge in [-0.05, 0) is 63.1 Å². The minimum Gasteiger partial charge on any atom is -0.289 e. The van der Waals surface area contributed by atoms with Crippen molar-refractivity contribution in [1.29, 1.82) is 0 Å². The van der Waals surface area contributed by atoms with Crippen molar-refractivity contribution >= 4 is 11.6 Å². The summed E-state index contributed by atoms with van der Waals surface area (Å²) in [5.41, 5.74) is 5.18. The molecule has 0 saturated heterocycles. The van der Waals surface area contributed by atoms with Gasteiger partial charge >= 0.3 is 0 Å². The maximum absolute atomic E-state index is 12.3. The van der Waals surface area contributed by atoms with Gasteiger partial charge in [0.1, 0.15) is 0 Å². The molecule has 0 amide bonds. The number of benzene rings is 2. The second-order valence-corrected chi connectivity index (χ2v) is 5.70. The number of carbonyl (C=O) groups is 2. The second kappa shape index (κ2) is 6.52. The van der Waals surface area contributed by atoms with Gasteiger partial charge in [0, 0.05) is 11.1 Å². The average molecular weight is 292 g/mol. The molecule has 112 valence electrons. The van der Waals surface area contributed by atoms with Crippen molar-refractivity contribution in [2.24, 2.45) is 0 Å². The summed E-state index contributed by atoms with van der Waals surface area (Å²) in [5, 5.41) is 0. The van der Waals surface area contributed by atoms with Gasteiger partial charge in [-0.2, -0.15) is 0 Å². The topological polar surface area (TPSA) is 34.1 Å². The van der Waals surface area contributed by atoms with Crippen LogP contribution in [0.1, 0.15) is 43.0 Å². The lowest BCUT2D eigenvalue weighted by Gasteiger charge is -2.04. The molecule has 0 saturated carbocycles. The van der Waals surface area contributed by atoms with E-state index in [1.165, 1.54) is 12.2 Å². The van der Waals surface area contributed by atoms with Crippen LogP contribution < -0.4 is 0 Å². The van der Waals surface area contributed by atoms with E-state index in [1.807, 2.05) is 64.1 Å². The quantitative estimate of drug-likeness (QED) is 0.612. The van der Waals surface area contributed by atoms with Crippen molar-refractivity contribution < 1.29 is 9.59 Å². The van der Waals surface area contributed by atoms with E-state index in [0.717, 1.165) is 22.3 Å². The Morgan fingerprint density at radius 2 is 1.05 bits per heavy atom. The molecule has 0 aliphatic rings. The van der Waals surface area contributed by atoms with Gasteiger partial charge in [-0.3, -0.25) is 9.59 Å². The largest absolute Gasteiger partial charge is 0.289 e. The van der Waals surface area contributed by atoms with Crippen LogP contribution in [0.2, 0.25) is 0 Å². The van der Waals surface area contributed by atoms with E-state index >= 15 is 0 Å². The maximum Gasteiger partial charge on any atom is 0.186 e. The third kappa shape index (κ3) is 3.59. The molecule has 0 N–H and O–H groups in total. The fraction of sp³-hybridized carbons (Fsp3) is 0.200. The van der Waals surface area contributed by atoms with E-state index in [9.17, 15) is 9.59 Å². The maximum atomic E-state index is 12.3. The zero-order chi connectivity index (χ0) is 16.3. The Morgan fingerprint density at radius 1 is 0.682 bits per heavy atom. The van der Waals surface area contributed by atoms with E-state index in [1.54, 1.807) is 0 Å². The molecule has 2 aromatic carbocycles. The number of carbonyl (C=O) groups excluding carboxylic acids is 2. The van der Waals surface area contributed by atoms with Crippen LogP contribution in [-0.2, 0) is 0 Å². The average Bonchev–Trinajstić information content (AvgIpc) is 2.49. The van der Waals surface area contributed by atoms with E-state index in [2.05, 4.69) is 0 Å². The Labute approximate surface area is 131 Å². The first-order valence-electron chi connectivity index (χ1n) is 7.29. The Balaban J connectivity index is 2.24. The van der Waals surface area contributed by atoms with E-state index in [4.69, 9.17) is 0 Å². The Morgan fingerprint density at radius 3 is 1.41 bits per heavy atom. The SMILES string of the molecule is Cc1ccc(C)c(C(=O)/C=C/C(=O)c2cc(C)ccc2C)c1. The van der Waals surface area contributed by atoms with E-state index in [0.29, 0.717) is 11.1 Å². The number of hydrogen-bond acceptors (Lipinski definition) is 2. The molecule has 22 heavy (non-hydrogen) atoms. The third-order valence-corrected chi connectivity index (χ3v) is 3.70. The van der Waals surface area contributed by atoms with Gasteiger partial charge in [0.25, 0.3) is 0 Å². The Bertz CT molecular complexity index is 702. The molecular weight excluding hydrogens is 272 g/mol. The summed E-state index contributed by atoms with van der Waals surface area (Å²) in [5.74, 6) is -0.278. The molecule has 0 heterocycles. The second-order valence-electron chi connectivity index (χ2n) is 5.70. The van der Waals surface area contributed by atoms with Gasteiger partial charge in [-0.25, -0.2) is 0 Å². The first kappa shape index (κ1) is 15.9. The van der Waals surface area contributed by atoms with Gasteiger partial charge in [-0.1, -0.05) is 35.4 Å². The van der Waals surface area contributed by atoms with Crippen LogP contribution in [0.4, 0.5) is 0 Å². The summed E-state index contributed by atoms with van der Waals surface area (Å²) < 4.78 is 0. The summed E-state index contributed by atoms with van der Waals surface area (Å²) >= 11 is 0. The summed E-state index contributed by atoms with van der Waals surface area (Å²) in [6.45, 7) is 7.68. The van der Waals surface area contributed by atoms with E-state index in [-0.39, 0.29) is 11.6 Å². The van der Waals surface area contributed by atoms with Gasteiger partial charge < -0.3 is 0 Å². The standard InChI is InChI=1S/C20H20O2/c1-13-5-7-15(3)17(11-13)19(21)9-10-20(22)18-12-14(2)6-8-16(18)4/h5-12H,1-4H3/b10-9+. The summed E-state index contributed by atoms with van der Waals surface area (Å²) in [7, 11) is 0. The van der Waals surface area contributed by atoms with Crippen molar-refractivity contribution in [2.75, 3.05) is 0 Å². The van der Waals surface area contributed by atoms with Crippen molar-refractivity contribution in [3.63, 3.8) is 0 Å². The third-order valence-electron chi connectivity index (χ3n) is 3.70. The molecule has 0 fully saturated rings. The highest BCUT2D eigenvalue weighted by atomic mass is 16.1. The Hall–Kier alpha value is -2.48. The van der Waals surface area contributed by atoms with Crippen LogP contribution >= 0.6 is 0 Å².